The predicted molar refractivity (Wildman–Crippen MR) is 73.6 cm³/mol. The highest BCUT2D eigenvalue weighted by Gasteiger charge is 2.28. The van der Waals surface area contributed by atoms with Crippen LogP contribution in [-0.4, -0.2) is 37.4 Å². The van der Waals surface area contributed by atoms with Gasteiger partial charge in [-0.1, -0.05) is 25.9 Å². The molecular weight excluding hydrogens is 266 g/mol. The highest BCUT2D eigenvalue weighted by atomic mass is 32.2. The molecule has 0 aromatic carbocycles. The van der Waals surface area contributed by atoms with E-state index < -0.39 is 9.84 Å². The SMILES string of the molecule is CCNC(C)C(c1nc(CS(C)(=O)=O)no1)C(C)C. The number of hydrogen-bond acceptors (Lipinski definition) is 6. The van der Waals surface area contributed by atoms with Gasteiger partial charge in [-0.25, -0.2) is 8.42 Å². The van der Waals surface area contributed by atoms with Crippen molar-refractivity contribution < 1.29 is 12.9 Å². The molecular formula is C12H23N3O3S. The number of nitrogens with zero attached hydrogens (tertiary/aromatic N) is 2. The number of hydrogen-bond donors (Lipinski definition) is 1. The zero-order valence-corrected chi connectivity index (χ0v) is 13.0. The summed E-state index contributed by atoms with van der Waals surface area (Å²) in [5.74, 6) is 0.937. The van der Waals surface area contributed by atoms with Gasteiger partial charge in [0.15, 0.2) is 15.7 Å². The molecule has 19 heavy (non-hydrogen) atoms. The fourth-order valence-corrected chi connectivity index (χ4v) is 2.81. The van der Waals surface area contributed by atoms with Crippen molar-refractivity contribution >= 4 is 9.84 Å². The summed E-state index contributed by atoms with van der Waals surface area (Å²) >= 11 is 0. The van der Waals surface area contributed by atoms with Crippen LogP contribution in [0.5, 0.6) is 0 Å². The van der Waals surface area contributed by atoms with Crippen LogP contribution < -0.4 is 5.32 Å². The topological polar surface area (TPSA) is 85.1 Å². The van der Waals surface area contributed by atoms with E-state index in [1.807, 2.05) is 6.92 Å². The zero-order chi connectivity index (χ0) is 14.6. The molecule has 1 heterocycles. The Bertz CT molecular complexity index is 496. The van der Waals surface area contributed by atoms with E-state index in [4.69, 9.17) is 4.52 Å². The lowest BCUT2D eigenvalue weighted by Gasteiger charge is -2.24. The first kappa shape index (κ1) is 16.1. The lowest BCUT2D eigenvalue weighted by atomic mass is 9.89. The van der Waals surface area contributed by atoms with E-state index in [0.717, 1.165) is 12.8 Å². The Morgan fingerprint density at radius 2 is 1.95 bits per heavy atom. The van der Waals surface area contributed by atoms with E-state index in [0.29, 0.717) is 11.8 Å². The van der Waals surface area contributed by atoms with Crippen LogP contribution in [0.4, 0.5) is 0 Å². The van der Waals surface area contributed by atoms with Gasteiger partial charge in [-0.05, 0) is 19.4 Å². The van der Waals surface area contributed by atoms with E-state index in [9.17, 15) is 8.42 Å². The normalized spacial score (nSPS) is 15.7. The third-order valence-electron chi connectivity index (χ3n) is 2.94. The molecule has 0 amide bonds. The third kappa shape index (κ3) is 4.91. The van der Waals surface area contributed by atoms with E-state index >= 15 is 0 Å². The molecule has 0 fully saturated rings. The van der Waals surface area contributed by atoms with Gasteiger partial charge in [0, 0.05) is 12.3 Å². The molecule has 0 saturated heterocycles. The van der Waals surface area contributed by atoms with E-state index in [2.05, 4.69) is 36.2 Å². The average molecular weight is 289 g/mol. The van der Waals surface area contributed by atoms with Crippen molar-refractivity contribution in [2.24, 2.45) is 5.92 Å². The van der Waals surface area contributed by atoms with Crippen molar-refractivity contribution in [1.82, 2.24) is 15.5 Å². The molecule has 1 N–H and O–H groups in total. The fourth-order valence-electron chi connectivity index (χ4n) is 2.22. The van der Waals surface area contributed by atoms with Gasteiger partial charge in [0.05, 0.1) is 5.92 Å². The van der Waals surface area contributed by atoms with Crippen molar-refractivity contribution in [1.29, 1.82) is 0 Å². The Labute approximate surface area is 114 Å². The standard InChI is InChI=1S/C12H23N3O3S/c1-6-13-9(4)11(8(2)3)12-14-10(15-18-12)7-19(5,16)17/h8-9,11,13H,6-7H2,1-5H3. The molecule has 0 saturated carbocycles. The molecule has 0 aliphatic carbocycles. The average Bonchev–Trinajstić information content (AvgIpc) is 2.63. The molecule has 110 valence electrons. The molecule has 0 spiro atoms. The summed E-state index contributed by atoms with van der Waals surface area (Å²) < 4.78 is 27.7. The van der Waals surface area contributed by atoms with Crippen molar-refractivity contribution in [3.05, 3.63) is 11.7 Å². The molecule has 0 bridgehead atoms. The van der Waals surface area contributed by atoms with Gasteiger partial charge in [-0.15, -0.1) is 0 Å². The maximum Gasteiger partial charge on any atom is 0.231 e. The second kappa shape index (κ2) is 6.47. The van der Waals surface area contributed by atoms with Crippen LogP contribution in [0.2, 0.25) is 0 Å². The summed E-state index contributed by atoms with van der Waals surface area (Å²) in [4.78, 5) is 4.22. The first-order valence-corrected chi connectivity index (χ1v) is 8.54. The van der Waals surface area contributed by atoms with Crippen molar-refractivity contribution in [2.45, 2.75) is 45.4 Å². The van der Waals surface area contributed by atoms with Crippen LogP contribution in [0.3, 0.4) is 0 Å². The van der Waals surface area contributed by atoms with Gasteiger partial charge in [-0.3, -0.25) is 0 Å². The van der Waals surface area contributed by atoms with Gasteiger partial charge >= 0.3 is 0 Å². The number of aromatic nitrogens is 2. The lowest BCUT2D eigenvalue weighted by Crippen LogP contribution is -2.34. The van der Waals surface area contributed by atoms with Gasteiger partial charge in [0.2, 0.25) is 5.89 Å². The Morgan fingerprint density at radius 1 is 1.32 bits per heavy atom. The van der Waals surface area contributed by atoms with Crippen LogP contribution in [0.15, 0.2) is 4.52 Å². The molecule has 1 aromatic rings. The first-order chi connectivity index (χ1) is 8.74. The van der Waals surface area contributed by atoms with E-state index in [1.165, 1.54) is 0 Å². The fraction of sp³-hybridized carbons (Fsp3) is 0.833. The molecule has 0 aliphatic heterocycles. The number of likely N-dealkylation sites (N-methyl/N-ethyl adjacent to an activating group) is 1. The highest BCUT2D eigenvalue weighted by Crippen LogP contribution is 2.26. The monoisotopic (exact) mass is 289 g/mol. The molecule has 7 heteroatoms. The number of rotatable bonds is 7. The van der Waals surface area contributed by atoms with Crippen molar-refractivity contribution in [3.63, 3.8) is 0 Å². The van der Waals surface area contributed by atoms with Gasteiger partial charge in [-0.2, -0.15) is 4.98 Å². The van der Waals surface area contributed by atoms with Crippen molar-refractivity contribution in [2.75, 3.05) is 12.8 Å². The van der Waals surface area contributed by atoms with E-state index in [1.54, 1.807) is 0 Å². The largest absolute Gasteiger partial charge is 0.339 e. The molecule has 1 rings (SSSR count). The number of sulfone groups is 1. The molecule has 2 unspecified atom stereocenters. The summed E-state index contributed by atoms with van der Waals surface area (Å²) in [6.07, 6.45) is 1.16. The highest BCUT2D eigenvalue weighted by molar-refractivity contribution is 7.89. The third-order valence-corrected chi connectivity index (χ3v) is 3.73. The first-order valence-electron chi connectivity index (χ1n) is 6.48. The van der Waals surface area contributed by atoms with Crippen LogP contribution in [-0.2, 0) is 15.6 Å². The van der Waals surface area contributed by atoms with Crippen molar-refractivity contribution in [3.8, 4) is 0 Å². The lowest BCUT2D eigenvalue weighted by molar-refractivity contribution is 0.280. The molecule has 2 atom stereocenters. The minimum atomic E-state index is -3.14. The van der Waals surface area contributed by atoms with Crippen LogP contribution in [0, 0.1) is 5.92 Å². The van der Waals surface area contributed by atoms with Gasteiger partial charge < -0.3 is 9.84 Å². The Morgan fingerprint density at radius 3 is 2.42 bits per heavy atom. The Balaban J connectivity index is 2.92. The summed E-state index contributed by atoms with van der Waals surface area (Å²) in [5, 5.41) is 7.09. The van der Waals surface area contributed by atoms with Gasteiger partial charge in [0.25, 0.3) is 0 Å². The smallest absolute Gasteiger partial charge is 0.231 e. The number of nitrogens with one attached hydrogen (secondary N) is 1. The maximum atomic E-state index is 11.2. The van der Waals surface area contributed by atoms with E-state index in [-0.39, 0.29) is 23.5 Å². The minimum absolute atomic E-state index is 0.0701. The summed E-state index contributed by atoms with van der Waals surface area (Å²) in [6.45, 7) is 9.12. The molecule has 0 radical (unpaired) electrons. The Hall–Kier alpha value is -0.950. The van der Waals surface area contributed by atoms with Crippen LogP contribution in [0.1, 0.15) is 45.3 Å². The molecule has 6 nitrogen and oxygen atoms in total. The maximum absolute atomic E-state index is 11.2. The zero-order valence-electron chi connectivity index (χ0n) is 12.2. The molecule has 0 aliphatic rings. The summed E-state index contributed by atoms with van der Waals surface area (Å²) in [5.41, 5.74) is 0. The summed E-state index contributed by atoms with van der Waals surface area (Å²) in [6, 6.07) is 0.191. The second-order valence-electron chi connectivity index (χ2n) is 5.24. The second-order valence-corrected chi connectivity index (χ2v) is 7.38. The quantitative estimate of drug-likeness (QED) is 0.815. The minimum Gasteiger partial charge on any atom is -0.339 e. The Kier molecular flexibility index (Phi) is 5.49. The van der Waals surface area contributed by atoms with Crippen LogP contribution >= 0.6 is 0 Å². The summed E-state index contributed by atoms with van der Waals surface area (Å²) in [7, 11) is -3.14. The van der Waals surface area contributed by atoms with Gasteiger partial charge in [0.1, 0.15) is 5.75 Å². The van der Waals surface area contributed by atoms with Crippen LogP contribution in [0.25, 0.3) is 0 Å². The predicted octanol–water partition coefficient (Wildman–Crippen LogP) is 1.35. The molecule has 1 aromatic heterocycles.